The molecule has 0 aliphatic carbocycles. The summed E-state index contributed by atoms with van der Waals surface area (Å²) < 4.78 is 0. The van der Waals surface area contributed by atoms with Crippen molar-refractivity contribution < 1.29 is 19.5 Å². The number of hydrogen-bond acceptors (Lipinski definition) is 3. The van der Waals surface area contributed by atoms with E-state index in [1.54, 1.807) is 60.7 Å². The monoisotopic (exact) mass is 307 g/mol. The maximum atomic E-state index is 12.6. The Kier molecular flexibility index (Phi) is 3.76. The molecule has 2 aromatic rings. The van der Waals surface area contributed by atoms with Crippen molar-refractivity contribution in [3.8, 4) is 0 Å². The Balaban J connectivity index is 2.10. The highest BCUT2D eigenvalue weighted by molar-refractivity contribution is 6.23. The van der Waals surface area contributed by atoms with E-state index < -0.39 is 23.6 Å². The normalized spacial score (nSPS) is 17.0. The zero-order valence-corrected chi connectivity index (χ0v) is 12.0. The Morgan fingerprint density at radius 3 is 2.04 bits per heavy atom. The number of carbonyl (C=O) groups excluding carboxylic acids is 2. The van der Waals surface area contributed by atoms with Crippen LogP contribution in [0.25, 0.3) is 5.70 Å². The first-order valence-electron chi connectivity index (χ1n) is 7.02. The van der Waals surface area contributed by atoms with Gasteiger partial charge in [0.05, 0.1) is 11.3 Å². The number of aliphatic carboxylic acids is 1. The number of rotatable bonds is 4. The van der Waals surface area contributed by atoms with Crippen LogP contribution in [0.3, 0.4) is 0 Å². The van der Waals surface area contributed by atoms with E-state index in [-0.39, 0.29) is 11.3 Å². The molecule has 0 aromatic heterocycles. The smallest absolute Gasteiger partial charge is 0.335 e. The molecule has 2 aromatic carbocycles. The third kappa shape index (κ3) is 2.64. The Hall–Kier alpha value is -3.21. The molecule has 1 aliphatic rings. The summed E-state index contributed by atoms with van der Waals surface area (Å²) in [6.07, 6.45) is 0. The van der Waals surface area contributed by atoms with E-state index in [2.05, 4.69) is 5.32 Å². The summed E-state index contributed by atoms with van der Waals surface area (Å²) >= 11 is 0. The molecular formula is C18H13NO4. The number of ketones is 1. The lowest BCUT2D eigenvalue weighted by Crippen LogP contribution is -2.29. The molecule has 5 nitrogen and oxygen atoms in total. The van der Waals surface area contributed by atoms with Gasteiger partial charge in [-0.25, -0.2) is 4.79 Å². The molecule has 0 fully saturated rings. The van der Waals surface area contributed by atoms with Crippen LogP contribution in [-0.2, 0) is 9.59 Å². The van der Waals surface area contributed by atoms with Crippen molar-refractivity contribution in [2.75, 3.05) is 0 Å². The SMILES string of the molecule is O=C(O)C1=C(c2ccccc2)NC(=O)C1C(=O)c1ccccc1. The second kappa shape index (κ2) is 5.88. The van der Waals surface area contributed by atoms with Crippen molar-refractivity contribution in [2.24, 2.45) is 5.92 Å². The van der Waals surface area contributed by atoms with Crippen molar-refractivity contribution in [2.45, 2.75) is 0 Å². The number of carboxylic acid groups (broad SMARTS) is 1. The molecule has 3 rings (SSSR count). The van der Waals surface area contributed by atoms with Crippen LogP contribution >= 0.6 is 0 Å². The van der Waals surface area contributed by atoms with Gasteiger partial charge in [0.15, 0.2) is 5.78 Å². The standard InChI is InChI=1S/C18H13NO4/c20-16(12-9-5-2-6-10-12)14-13(18(22)23)15(19-17(14)21)11-7-3-1-4-8-11/h1-10,14H,(H,19,21)(H,22,23). The first-order valence-corrected chi connectivity index (χ1v) is 7.02. The lowest BCUT2D eigenvalue weighted by atomic mass is 9.90. The number of Topliss-reactive ketones (excluding diaryl/α,β-unsaturated/α-hetero) is 1. The topological polar surface area (TPSA) is 83.5 Å². The summed E-state index contributed by atoms with van der Waals surface area (Å²) in [4.78, 5) is 36.5. The molecule has 2 N–H and O–H groups in total. The van der Waals surface area contributed by atoms with Crippen LogP contribution in [-0.4, -0.2) is 22.8 Å². The molecule has 0 radical (unpaired) electrons. The molecule has 1 amide bonds. The molecule has 5 heteroatoms. The highest BCUT2D eigenvalue weighted by Gasteiger charge is 2.42. The van der Waals surface area contributed by atoms with Crippen molar-refractivity contribution in [3.05, 3.63) is 77.4 Å². The highest BCUT2D eigenvalue weighted by atomic mass is 16.4. The van der Waals surface area contributed by atoms with Gasteiger partial charge < -0.3 is 10.4 Å². The van der Waals surface area contributed by atoms with E-state index in [0.717, 1.165) is 0 Å². The van der Waals surface area contributed by atoms with Gasteiger partial charge >= 0.3 is 5.97 Å². The van der Waals surface area contributed by atoms with Crippen molar-refractivity contribution in [3.63, 3.8) is 0 Å². The van der Waals surface area contributed by atoms with Gasteiger partial charge in [-0.1, -0.05) is 60.7 Å². The first kappa shape index (κ1) is 14.7. The number of amides is 1. The summed E-state index contributed by atoms with van der Waals surface area (Å²) in [6, 6.07) is 16.8. The van der Waals surface area contributed by atoms with Crippen LogP contribution in [0, 0.1) is 5.92 Å². The van der Waals surface area contributed by atoms with E-state index in [9.17, 15) is 19.5 Å². The third-order valence-corrected chi connectivity index (χ3v) is 3.68. The highest BCUT2D eigenvalue weighted by Crippen LogP contribution is 2.31. The summed E-state index contributed by atoms with van der Waals surface area (Å²) in [6.45, 7) is 0. The third-order valence-electron chi connectivity index (χ3n) is 3.68. The van der Waals surface area contributed by atoms with Gasteiger partial charge in [-0.15, -0.1) is 0 Å². The minimum atomic E-state index is -1.34. The zero-order chi connectivity index (χ0) is 16.4. The van der Waals surface area contributed by atoms with Gasteiger partial charge in [0.1, 0.15) is 5.92 Å². The number of carbonyl (C=O) groups is 3. The average molecular weight is 307 g/mol. The van der Waals surface area contributed by atoms with Gasteiger partial charge in [-0.2, -0.15) is 0 Å². The molecule has 114 valence electrons. The predicted octanol–water partition coefficient (Wildman–Crippen LogP) is 2.11. The Bertz CT molecular complexity index is 809. The Labute approximate surface area is 132 Å². The van der Waals surface area contributed by atoms with Crippen LogP contribution in [0.5, 0.6) is 0 Å². The molecule has 0 saturated carbocycles. The molecule has 1 aliphatic heterocycles. The second-order valence-corrected chi connectivity index (χ2v) is 5.11. The maximum Gasteiger partial charge on any atom is 0.335 e. The van der Waals surface area contributed by atoms with Gasteiger partial charge in [0, 0.05) is 5.56 Å². The van der Waals surface area contributed by atoms with E-state index >= 15 is 0 Å². The van der Waals surface area contributed by atoms with Crippen LogP contribution in [0.4, 0.5) is 0 Å². The molecule has 1 atom stereocenters. The average Bonchev–Trinajstić information content (AvgIpc) is 2.93. The number of nitrogens with one attached hydrogen (secondary N) is 1. The lowest BCUT2D eigenvalue weighted by molar-refractivity contribution is -0.134. The van der Waals surface area contributed by atoms with Crippen molar-refractivity contribution >= 4 is 23.4 Å². The van der Waals surface area contributed by atoms with Crippen molar-refractivity contribution in [1.82, 2.24) is 5.32 Å². The van der Waals surface area contributed by atoms with Gasteiger partial charge in [0.25, 0.3) is 0 Å². The molecule has 23 heavy (non-hydrogen) atoms. The molecule has 0 saturated heterocycles. The van der Waals surface area contributed by atoms with Gasteiger partial charge in [-0.3, -0.25) is 9.59 Å². The predicted molar refractivity (Wildman–Crippen MR) is 83.4 cm³/mol. The van der Waals surface area contributed by atoms with Crippen LogP contribution in [0.2, 0.25) is 0 Å². The van der Waals surface area contributed by atoms with Crippen molar-refractivity contribution in [1.29, 1.82) is 0 Å². The number of carboxylic acids is 1. The fraction of sp³-hybridized carbons (Fsp3) is 0.0556. The van der Waals surface area contributed by atoms with Gasteiger partial charge in [0.2, 0.25) is 5.91 Å². The molecule has 1 unspecified atom stereocenters. The van der Waals surface area contributed by atoms with E-state index in [0.29, 0.717) is 11.1 Å². The van der Waals surface area contributed by atoms with Crippen LogP contribution < -0.4 is 5.32 Å². The lowest BCUT2D eigenvalue weighted by Gasteiger charge is -2.08. The first-order chi connectivity index (χ1) is 11.1. The minimum absolute atomic E-state index is 0.178. The Morgan fingerprint density at radius 1 is 0.913 bits per heavy atom. The number of hydrogen-bond donors (Lipinski definition) is 2. The largest absolute Gasteiger partial charge is 0.478 e. The quantitative estimate of drug-likeness (QED) is 0.669. The maximum absolute atomic E-state index is 12.6. The zero-order valence-electron chi connectivity index (χ0n) is 12.0. The summed E-state index contributed by atoms with van der Waals surface area (Å²) in [5.74, 6) is -3.76. The summed E-state index contributed by atoms with van der Waals surface area (Å²) in [7, 11) is 0. The minimum Gasteiger partial charge on any atom is -0.478 e. The Morgan fingerprint density at radius 2 is 1.48 bits per heavy atom. The molecular weight excluding hydrogens is 294 g/mol. The second-order valence-electron chi connectivity index (χ2n) is 5.11. The van der Waals surface area contributed by atoms with E-state index in [4.69, 9.17) is 0 Å². The molecule has 1 heterocycles. The fourth-order valence-electron chi connectivity index (χ4n) is 2.62. The summed E-state index contributed by atoms with van der Waals surface area (Å²) in [5, 5.41) is 12.1. The van der Waals surface area contributed by atoms with Crippen LogP contribution in [0.15, 0.2) is 66.2 Å². The van der Waals surface area contributed by atoms with E-state index in [1.165, 1.54) is 0 Å². The molecule has 0 bridgehead atoms. The molecule has 0 spiro atoms. The summed E-state index contributed by atoms with van der Waals surface area (Å²) in [5.41, 5.74) is 0.828. The van der Waals surface area contributed by atoms with Gasteiger partial charge in [-0.05, 0) is 5.56 Å². The fourth-order valence-corrected chi connectivity index (χ4v) is 2.62. The number of benzene rings is 2. The van der Waals surface area contributed by atoms with Crippen LogP contribution in [0.1, 0.15) is 15.9 Å². The van der Waals surface area contributed by atoms with E-state index in [1.807, 2.05) is 0 Å².